The van der Waals surface area contributed by atoms with Gasteiger partial charge in [-0.1, -0.05) is 5.92 Å². The standard InChI is InChI=1S/C13H11N3/c1-3-13-5-7-15-9-12(13)16(2)11-8-14-6-4-10(11)13/h1,4-9,12H,2H3. The van der Waals surface area contributed by atoms with Crippen molar-refractivity contribution in [3.8, 4) is 12.3 Å². The molecule has 3 nitrogen and oxygen atoms in total. The van der Waals surface area contributed by atoms with Crippen LogP contribution in [0.2, 0.25) is 0 Å². The lowest BCUT2D eigenvalue weighted by Gasteiger charge is -2.30. The molecule has 3 heteroatoms. The van der Waals surface area contributed by atoms with Gasteiger partial charge >= 0.3 is 0 Å². The average molecular weight is 209 g/mol. The van der Waals surface area contributed by atoms with Crippen LogP contribution in [0.4, 0.5) is 5.69 Å². The number of pyridine rings is 1. The Balaban J connectivity index is 2.31. The van der Waals surface area contributed by atoms with E-state index in [0.717, 1.165) is 11.3 Å². The van der Waals surface area contributed by atoms with E-state index >= 15 is 0 Å². The first kappa shape index (κ1) is 9.17. The number of anilines is 1. The van der Waals surface area contributed by atoms with Crippen LogP contribution in [0.15, 0.2) is 35.7 Å². The molecule has 0 saturated carbocycles. The van der Waals surface area contributed by atoms with Gasteiger partial charge in [-0.05, 0) is 12.1 Å². The zero-order valence-corrected chi connectivity index (χ0v) is 8.96. The highest BCUT2D eigenvalue weighted by atomic mass is 15.2. The second-order valence-corrected chi connectivity index (χ2v) is 4.08. The molecule has 0 aromatic carbocycles. The molecule has 3 heterocycles. The predicted octanol–water partition coefficient (Wildman–Crippen LogP) is 1.37. The molecule has 2 atom stereocenters. The van der Waals surface area contributed by atoms with Crippen LogP contribution in [0.3, 0.4) is 0 Å². The summed E-state index contributed by atoms with van der Waals surface area (Å²) in [6.07, 6.45) is 15.1. The maximum atomic E-state index is 5.75. The number of likely N-dealkylation sites (N-methyl/N-ethyl adjacent to an activating group) is 1. The third-order valence-electron chi connectivity index (χ3n) is 3.40. The smallest absolute Gasteiger partial charge is 0.103 e. The number of aromatic nitrogens is 1. The fourth-order valence-corrected chi connectivity index (χ4v) is 2.54. The molecule has 78 valence electrons. The predicted molar refractivity (Wildman–Crippen MR) is 64.6 cm³/mol. The van der Waals surface area contributed by atoms with Gasteiger partial charge in [-0.15, -0.1) is 6.42 Å². The van der Waals surface area contributed by atoms with E-state index in [-0.39, 0.29) is 11.5 Å². The molecule has 0 spiro atoms. The largest absolute Gasteiger partial charge is 0.363 e. The van der Waals surface area contributed by atoms with Gasteiger partial charge in [0.05, 0.1) is 17.9 Å². The molecule has 0 fully saturated rings. The van der Waals surface area contributed by atoms with Crippen LogP contribution in [-0.4, -0.2) is 24.3 Å². The number of hydrogen-bond donors (Lipinski definition) is 0. The molecular weight excluding hydrogens is 198 g/mol. The Hall–Kier alpha value is -2.08. The minimum atomic E-state index is -0.380. The fourth-order valence-electron chi connectivity index (χ4n) is 2.54. The first-order chi connectivity index (χ1) is 7.79. The van der Waals surface area contributed by atoms with Crippen molar-refractivity contribution >= 4 is 11.9 Å². The second-order valence-electron chi connectivity index (χ2n) is 4.08. The lowest BCUT2D eigenvalue weighted by atomic mass is 9.77. The summed E-state index contributed by atoms with van der Waals surface area (Å²) in [7, 11) is 2.02. The van der Waals surface area contributed by atoms with Crippen molar-refractivity contribution in [3.05, 3.63) is 36.3 Å². The molecule has 0 N–H and O–H groups in total. The van der Waals surface area contributed by atoms with Crippen molar-refractivity contribution < 1.29 is 0 Å². The van der Waals surface area contributed by atoms with E-state index in [2.05, 4.69) is 20.8 Å². The highest BCUT2D eigenvalue weighted by Gasteiger charge is 2.47. The van der Waals surface area contributed by atoms with Crippen LogP contribution in [-0.2, 0) is 5.41 Å². The summed E-state index contributed by atoms with van der Waals surface area (Å²) in [5.41, 5.74) is 1.85. The fraction of sp³-hybridized carbons (Fsp3) is 0.231. The molecule has 2 unspecified atom stereocenters. The molecule has 3 rings (SSSR count). The van der Waals surface area contributed by atoms with E-state index in [1.54, 1.807) is 12.4 Å². The van der Waals surface area contributed by atoms with Crippen molar-refractivity contribution in [2.75, 3.05) is 11.9 Å². The highest BCUT2D eigenvalue weighted by molar-refractivity contribution is 5.84. The van der Waals surface area contributed by atoms with Crippen LogP contribution in [0.25, 0.3) is 0 Å². The number of nitrogens with zero attached hydrogens (tertiary/aromatic N) is 3. The minimum Gasteiger partial charge on any atom is -0.363 e. The maximum Gasteiger partial charge on any atom is 0.103 e. The Labute approximate surface area is 94.5 Å². The van der Waals surface area contributed by atoms with Gasteiger partial charge in [-0.2, -0.15) is 0 Å². The van der Waals surface area contributed by atoms with Crippen molar-refractivity contribution in [3.63, 3.8) is 0 Å². The normalized spacial score (nSPS) is 29.8. The monoisotopic (exact) mass is 209 g/mol. The molecular formula is C13H11N3. The molecule has 2 aliphatic heterocycles. The Morgan fingerprint density at radius 1 is 1.56 bits per heavy atom. The van der Waals surface area contributed by atoms with Crippen molar-refractivity contribution in [2.45, 2.75) is 11.5 Å². The van der Waals surface area contributed by atoms with Gasteiger partial charge in [0.2, 0.25) is 0 Å². The Bertz CT molecular complexity index is 538. The number of rotatable bonds is 0. The topological polar surface area (TPSA) is 28.5 Å². The van der Waals surface area contributed by atoms with Crippen LogP contribution >= 0.6 is 0 Å². The summed E-state index contributed by atoms with van der Waals surface area (Å²) in [5.74, 6) is 2.92. The number of hydrogen-bond acceptors (Lipinski definition) is 3. The number of aliphatic imine (C=N–C) groups is 1. The third kappa shape index (κ3) is 0.892. The lowest BCUT2D eigenvalue weighted by Crippen LogP contribution is -2.43. The van der Waals surface area contributed by atoms with Gasteiger partial charge < -0.3 is 4.90 Å². The molecule has 0 bridgehead atoms. The summed E-state index contributed by atoms with van der Waals surface area (Å²) < 4.78 is 0. The van der Waals surface area contributed by atoms with Crippen molar-refractivity contribution in [1.29, 1.82) is 0 Å². The summed E-state index contributed by atoms with van der Waals surface area (Å²) in [6.45, 7) is 0. The SMILES string of the molecule is C#CC12C=CN=CC1N(C)c1cnccc12. The van der Waals surface area contributed by atoms with E-state index in [0.29, 0.717) is 0 Å². The molecule has 0 amide bonds. The van der Waals surface area contributed by atoms with E-state index in [1.165, 1.54) is 0 Å². The minimum absolute atomic E-state index is 0.0988. The van der Waals surface area contributed by atoms with E-state index in [9.17, 15) is 0 Å². The van der Waals surface area contributed by atoms with E-state index in [1.807, 2.05) is 31.6 Å². The molecule has 2 aliphatic rings. The Morgan fingerprint density at radius 3 is 3.25 bits per heavy atom. The van der Waals surface area contributed by atoms with Gasteiger partial charge in [0.15, 0.2) is 0 Å². The first-order valence-corrected chi connectivity index (χ1v) is 5.16. The van der Waals surface area contributed by atoms with E-state index in [4.69, 9.17) is 6.42 Å². The highest BCUT2D eigenvalue weighted by Crippen LogP contribution is 2.45. The average Bonchev–Trinajstić information content (AvgIpc) is 2.62. The number of fused-ring (bicyclic) bond motifs is 3. The molecule has 0 aliphatic carbocycles. The van der Waals surface area contributed by atoms with Crippen LogP contribution in [0, 0.1) is 12.3 Å². The van der Waals surface area contributed by atoms with Gasteiger partial charge in [0, 0.05) is 31.2 Å². The Morgan fingerprint density at radius 2 is 2.44 bits per heavy atom. The van der Waals surface area contributed by atoms with E-state index < -0.39 is 0 Å². The van der Waals surface area contributed by atoms with Gasteiger partial charge in [0.1, 0.15) is 5.41 Å². The van der Waals surface area contributed by atoms with Gasteiger partial charge in [-0.3, -0.25) is 9.98 Å². The lowest BCUT2D eigenvalue weighted by molar-refractivity contribution is 0.653. The molecule has 16 heavy (non-hydrogen) atoms. The zero-order valence-electron chi connectivity index (χ0n) is 8.96. The third-order valence-corrected chi connectivity index (χ3v) is 3.40. The second kappa shape index (κ2) is 2.96. The van der Waals surface area contributed by atoms with Crippen molar-refractivity contribution in [2.24, 2.45) is 4.99 Å². The summed E-state index contributed by atoms with van der Waals surface area (Å²) in [5, 5.41) is 0. The summed E-state index contributed by atoms with van der Waals surface area (Å²) in [4.78, 5) is 10.5. The maximum absolute atomic E-state index is 5.75. The number of terminal acetylenes is 1. The van der Waals surface area contributed by atoms with Crippen LogP contribution in [0.1, 0.15) is 5.56 Å². The molecule has 1 aromatic rings. The molecule has 0 radical (unpaired) electrons. The summed E-state index contributed by atoms with van der Waals surface area (Å²) in [6, 6.07) is 2.09. The first-order valence-electron chi connectivity index (χ1n) is 5.16. The summed E-state index contributed by atoms with van der Waals surface area (Å²) >= 11 is 0. The van der Waals surface area contributed by atoms with Crippen LogP contribution < -0.4 is 4.90 Å². The molecule has 1 aromatic heterocycles. The van der Waals surface area contributed by atoms with Gasteiger partial charge in [0.25, 0.3) is 0 Å². The quantitative estimate of drug-likeness (QED) is 0.604. The van der Waals surface area contributed by atoms with Crippen molar-refractivity contribution in [1.82, 2.24) is 4.98 Å². The zero-order chi connectivity index (χ0) is 11.2. The Kier molecular flexibility index (Phi) is 1.69. The van der Waals surface area contributed by atoms with Crippen LogP contribution in [0.5, 0.6) is 0 Å². The van der Waals surface area contributed by atoms with Gasteiger partial charge in [-0.25, -0.2) is 0 Å². The molecule has 0 saturated heterocycles.